The Morgan fingerprint density at radius 3 is 2.78 bits per heavy atom. The van der Waals surface area contributed by atoms with E-state index in [1.54, 1.807) is 19.1 Å². The number of hydrogen-bond acceptors (Lipinski definition) is 5. The van der Waals surface area contributed by atoms with E-state index in [-0.39, 0.29) is 31.1 Å². The summed E-state index contributed by atoms with van der Waals surface area (Å²) in [5, 5.41) is 10.6. The van der Waals surface area contributed by atoms with Crippen molar-refractivity contribution < 1.29 is 14.5 Å². The highest BCUT2D eigenvalue weighted by Gasteiger charge is 2.16. The molecule has 0 saturated carbocycles. The molecule has 1 atom stereocenters. The quantitative estimate of drug-likeness (QED) is 0.498. The molecule has 0 aliphatic heterocycles. The second-order valence-electron chi connectivity index (χ2n) is 3.49. The lowest BCUT2D eigenvalue weighted by Gasteiger charge is -2.10. The number of nitrogens with two attached hydrogens (primary N) is 1. The number of carbonyl (C=O) groups excluding carboxylic acids is 1. The average Bonchev–Trinajstić information content (AvgIpc) is 2.29. The number of esters is 1. The standard InChI is InChI=1S/C11H14N2O4.ClH/c1-2-17-11(14)10(12)7-8-4-3-5-9(6-8)13(15)16;/h3-6,10H,2,7,12H2,1H3;1H. The minimum Gasteiger partial charge on any atom is -0.465 e. The molecule has 0 saturated heterocycles. The molecule has 7 heteroatoms. The fraction of sp³-hybridized carbons (Fsp3) is 0.364. The molecule has 6 nitrogen and oxygen atoms in total. The van der Waals surface area contributed by atoms with Crippen molar-refractivity contribution in [2.75, 3.05) is 6.61 Å². The molecule has 1 aromatic rings. The Kier molecular flexibility index (Phi) is 6.92. The van der Waals surface area contributed by atoms with E-state index < -0.39 is 16.9 Å². The van der Waals surface area contributed by atoms with Gasteiger partial charge in [-0.1, -0.05) is 12.1 Å². The summed E-state index contributed by atoms with van der Waals surface area (Å²) < 4.78 is 4.76. The summed E-state index contributed by atoms with van der Waals surface area (Å²) in [6.45, 7) is 1.96. The number of nitro benzene ring substituents is 1. The highest BCUT2D eigenvalue weighted by molar-refractivity contribution is 5.85. The van der Waals surface area contributed by atoms with Gasteiger partial charge in [0.05, 0.1) is 11.5 Å². The molecular weight excluding hydrogens is 260 g/mol. The van der Waals surface area contributed by atoms with Gasteiger partial charge >= 0.3 is 5.97 Å². The van der Waals surface area contributed by atoms with Crippen molar-refractivity contribution in [1.29, 1.82) is 0 Å². The SMILES string of the molecule is CCOC(=O)C(N)Cc1cccc([N+](=O)[O-])c1.Cl. The van der Waals surface area contributed by atoms with Gasteiger partial charge in [0.15, 0.2) is 0 Å². The zero-order chi connectivity index (χ0) is 12.8. The molecule has 0 heterocycles. The number of non-ortho nitro benzene ring substituents is 1. The third-order valence-electron chi connectivity index (χ3n) is 2.17. The summed E-state index contributed by atoms with van der Waals surface area (Å²) in [4.78, 5) is 21.4. The summed E-state index contributed by atoms with van der Waals surface area (Å²) in [6, 6.07) is 5.24. The summed E-state index contributed by atoms with van der Waals surface area (Å²) >= 11 is 0. The van der Waals surface area contributed by atoms with Crippen LogP contribution in [-0.4, -0.2) is 23.5 Å². The highest BCUT2D eigenvalue weighted by atomic mass is 35.5. The van der Waals surface area contributed by atoms with Crippen LogP contribution < -0.4 is 5.73 Å². The summed E-state index contributed by atoms with van der Waals surface area (Å²) in [5.41, 5.74) is 6.24. The van der Waals surface area contributed by atoms with Gasteiger partial charge in [-0.05, 0) is 18.9 Å². The topological polar surface area (TPSA) is 95.5 Å². The number of hydrogen-bond donors (Lipinski definition) is 1. The number of halogens is 1. The van der Waals surface area contributed by atoms with Crippen molar-refractivity contribution in [1.82, 2.24) is 0 Å². The fourth-order valence-electron chi connectivity index (χ4n) is 1.38. The molecule has 2 N–H and O–H groups in total. The lowest BCUT2D eigenvalue weighted by molar-refractivity contribution is -0.384. The second kappa shape index (κ2) is 7.62. The smallest absolute Gasteiger partial charge is 0.323 e. The predicted molar refractivity (Wildman–Crippen MR) is 68.7 cm³/mol. The van der Waals surface area contributed by atoms with Crippen LogP contribution in [0.25, 0.3) is 0 Å². The Labute approximate surface area is 111 Å². The highest BCUT2D eigenvalue weighted by Crippen LogP contribution is 2.14. The first-order valence-electron chi connectivity index (χ1n) is 5.20. The van der Waals surface area contributed by atoms with Crippen LogP contribution in [0.2, 0.25) is 0 Å². The maximum absolute atomic E-state index is 11.3. The molecule has 0 aliphatic carbocycles. The van der Waals surface area contributed by atoms with Crippen LogP contribution in [0.1, 0.15) is 12.5 Å². The van der Waals surface area contributed by atoms with Gasteiger partial charge in [-0.2, -0.15) is 0 Å². The first-order valence-corrected chi connectivity index (χ1v) is 5.20. The molecule has 100 valence electrons. The third-order valence-corrected chi connectivity index (χ3v) is 2.17. The molecule has 1 unspecified atom stereocenters. The van der Waals surface area contributed by atoms with Gasteiger partial charge in [-0.25, -0.2) is 0 Å². The molecule has 0 aromatic heterocycles. The molecule has 1 aromatic carbocycles. The maximum atomic E-state index is 11.3. The largest absolute Gasteiger partial charge is 0.465 e. The van der Waals surface area contributed by atoms with Crippen molar-refractivity contribution in [2.24, 2.45) is 5.73 Å². The Morgan fingerprint density at radius 2 is 2.22 bits per heavy atom. The molecule has 0 spiro atoms. The molecule has 0 fully saturated rings. The van der Waals surface area contributed by atoms with Gasteiger partial charge in [0.2, 0.25) is 0 Å². The van der Waals surface area contributed by atoms with E-state index in [1.807, 2.05) is 0 Å². The lowest BCUT2D eigenvalue weighted by atomic mass is 10.1. The van der Waals surface area contributed by atoms with Crippen molar-refractivity contribution in [3.63, 3.8) is 0 Å². The van der Waals surface area contributed by atoms with Crippen molar-refractivity contribution in [2.45, 2.75) is 19.4 Å². The van der Waals surface area contributed by atoms with Crippen molar-refractivity contribution in [3.05, 3.63) is 39.9 Å². The van der Waals surface area contributed by atoms with E-state index in [0.717, 1.165) is 0 Å². The molecule has 0 amide bonds. The Hall–Kier alpha value is -1.66. The van der Waals surface area contributed by atoms with E-state index in [1.165, 1.54) is 12.1 Å². The molecule has 0 radical (unpaired) electrons. The van der Waals surface area contributed by atoms with Gasteiger partial charge in [-0.15, -0.1) is 12.4 Å². The Morgan fingerprint density at radius 1 is 1.56 bits per heavy atom. The lowest BCUT2D eigenvalue weighted by Crippen LogP contribution is -2.34. The number of carbonyl (C=O) groups is 1. The average molecular weight is 275 g/mol. The van der Waals surface area contributed by atoms with Crippen LogP contribution in [0, 0.1) is 10.1 Å². The van der Waals surface area contributed by atoms with Crippen LogP contribution in [0.3, 0.4) is 0 Å². The molecular formula is C11H15ClN2O4. The summed E-state index contributed by atoms with van der Waals surface area (Å²) in [7, 11) is 0. The van der Waals surface area contributed by atoms with E-state index in [4.69, 9.17) is 10.5 Å². The third kappa shape index (κ3) is 4.68. The van der Waals surface area contributed by atoms with E-state index >= 15 is 0 Å². The monoisotopic (exact) mass is 274 g/mol. The van der Waals surface area contributed by atoms with E-state index in [2.05, 4.69) is 0 Å². The van der Waals surface area contributed by atoms with Crippen molar-refractivity contribution in [3.8, 4) is 0 Å². The van der Waals surface area contributed by atoms with Crippen LogP contribution in [0.5, 0.6) is 0 Å². The zero-order valence-corrected chi connectivity index (χ0v) is 10.7. The van der Waals surface area contributed by atoms with Gasteiger partial charge < -0.3 is 10.5 Å². The number of rotatable bonds is 5. The molecule has 1 rings (SSSR count). The first-order chi connectivity index (χ1) is 8.04. The van der Waals surface area contributed by atoms with Crippen LogP contribution in [0.4, 0.5) is 5.69 Å². The number of nitrogens with zero attached hydrogens (tertiary/aromatic N) is 1. The molecule has 0 aliphatic rings. The normalized spacial score (nSPS) is 11.2. The van der Waals surface area contributed by atoms with Gasteiger partial charge in [0.25, 0.3) is 5.69 Å². The molecule has 0 bridgehead atoms. The Balaban J connectivity index is 0.00000289. The summed E-state index contributed by atoms with van der Waals surface area (Å²) in [5.74, 6) is -0.501. The minimum atomic E-state index is -0.794. The maximum Gasteiger partial charge on any atom is 0.323 e. The van der Waals surface area contributed by atoms with E-state index in [9.17, 15) is 14.9 Å². The fourth-order valence-corrected chi connectivity index (χ4v) is 1.38. The molecule has 18 heavy (non-hydrogen) atoms. The van der Waals surface area contributed by atoms with Gasteiger partial charge in [-0.3, -0.25) is 14.9 Å². The van der Waals surface area contributed by atoms with E-state index in [0.29, 0.717) is 5.56 Å². The van der Waals surface area contributed by atoms with Gasteiger partial charge in [0, 0.05) is 12.1 Å². The first kappa shape index (κ1) is 16.3. The van der Waals surface area contributed by atoms with Crippen LogP contribution in [-0.2, 0) is 16.0 Å². The number of benzene rings is 1. The minimum absolute atomic E-state index is 0. The van der Waals surface area contributed by atoms with Crippen LogP contribution in [0.15, 0.2) is 24.3 Å². The van der Waals surface area contributed by atoms with Crippen LogP contribution >= 0.6 is 12.4 Å². The Bertz CT molecular complexity index is 425. The predicted octanol–water partition coefficient (Wildman–Crippen LogP) is 1.45. The number of ether oxygens (including phenoxy) is 1. The zero-order valence-electron chi connectivity index (χ0n) is 9.87. The number of nitro groups is 1. The second-order valence-corrected chi connectivity index (χ2v) is 3.49. The summed E-state index contributed by atoms with van der Waals surface area (Å²) in [6.07, 6.45) is 0.223. The van der Waals surface area contributed by atoms with Gasteiger partial charge in [0.1, 0.15) is 6.04 Å². The van der Waals surface area contributed by atoms with Crippen molar-refractivity contribution >= 4 is 24.1 Å².